The summed E-state index contributed by atoms with van der Waals surface area (Å²) in [6.07, 6.45) is 4.85. The van der Waals surface area contributed by atoms with Crippen LogP contribution in [0.5, 0.6) is 0 Å². The van der Waals surface area contributed by atoms with E-state index in [1.165, 1.54) is 25.7 Å². The van der Waals surface area contributed by atoms with Gasteiger partial charge in [0.25, 0.3) is 0 Å². The van der Waals surface area contributed by atoms with Gasteiger partial charge in [-0.2, -0.15) is 0 Å². The van der Waals surface area contributed by atoms with Crippen molar-refractivity contribution < 1.29 is 4.79 Å². The molecule has 0 radical (unpaired) electrons. The molecule has 1 N–H and O–H groups in total. The number of aryl methyl sites for hydroxylation is 1. The van der Waals surface area contributed by atoms with Crippen molar-refractivity contribution in [2.45, 2.75) is 32.6 Å². The maximum absolute atomic E-state index is 12.1. The van der Waals surface area contributed by atoms with Crippen LogP contribution in [0, 0.1) is 6.92 Å². The number of amides is 1. The minimum absolute atomic E-state index is 0.0544. The third-order valence-electron chi connectivity index (χ3n) is 3.61. The van der Waals surface area contributed by atoms with Crippen LogP contribution >= 0.6 is 23.2 Å². The topological polar surface area (TPSA) is 32.3 Å². The molecule has 0 aliphatic carbocycles. The summed E-state index contributed by atoms with van der Waals surface area (Å²) in [6, 6.07) is 3.60. The van der Waals surface area contributed by atoms with Gasteiger partial charge in [-0.1, -0.05) is 42.1 Å². The molecule has 0 atom stereocenters. The maximum atomic E-state index is 12.1. The molecule has 0 spiro atoms. The number of rotatable bonds is 3. The van der Waals surface area contributed by atoms with Gasteiger partial charge in [0.05, 0.1) is 22.3 Å². The second-order valence-electron chi connectivity index (χ2n) is 5.29. The Morgan fingerprint density at radius 3 is 2.50 bits per heavy atom. The normalized spacial score (nSPS) is 16.8. The van der Waals surface area contributed by atoms with Crippen LogP contribution in [0.2, 0.25) is 10.0 Å². The summed E-state index contributed by atoms with van der Waals surface area (Å²) in [5.41, 5.74) is 1.43. The van der Waals surface area contributed by atoms with E-state index in [1.54, 1.807) is 6.07 Å². The van der Waals surface area contributed by atoms with Crippen molar-refractivity contribution in [1.29, 1.82) is 0 Å². The van der Waals surface area contributed by atoms with Crippen molar-refractivity contribution in [3.8, 4) is 0 Å². The van der Waals surface area contributed by atoms with Gasteiger partial charge in [-0.3, -0.25) is 9.69 Å². The number of hydrogen-bond acceptors (Lipinski definition) is 2. The zero-order valence-corrected chi connectivity index (χ0v) is 13.2. The first-order valence-corrected chi connectivity index (χ1v) is 7.80. The van der Waals surface area contributed by atoms with E-state index in [-0.39, 0.29) is 5.91 Å². The molecule has 3 nitrogen and oxygen atoms in total. The summed E-state index contributed by atoms with van der Waals surface area (Å²) in [7, 11) is 0. The van der Waals surface area contributed by atoms with Crippen LogP contribution in [-0.4, -0.2) is 30.4 Å². The molecule has 0 unspecified atom stereocenters. The van der Waals surface area contributed by atoms with Crippen molar-refractivity contribution in [3.05, 3.63) is 27.7 Å². The van der Waals surface area contributed by atoms with Crippen molar-refractivity contribution in [1.82, 2.24) is 4.90 Å². The van der Waals surface area contributed by atoms with Crippen LogP contribution in [0.1, 0.15) is 31.2 Å². The Hall–Kier alpha value is -0.770. The lowest BCUT2D eigenvalue weighted by Crippen LogP contribution is -2.34. The van der Waals surface area contributed by atoms with Crippen LogP contribution in [0.4, 0.5) is 5.69 Å². The lowest BCUT2D eigenvalue weighted by Gasteiger charge is -2.19. The van der Waals surface area contributed by atoms with E-state index in [4.69, 9.17) is 23.2 Å². The van der Waals surface area contributed by atoms with Gasteiger partial charge < -0.3 is 5.32 Å². The fourth-order valence-electron chi connectivity index (χ4n) is 2.45. The quantitative estimate of drug-likeness (QED) is 0.910. The van der Waals surface area contributed by atoms with E-state index in [2.05, 4.69) is 10.2 Å². The molecule has 110 valence electrons. The standard InChI is InChI=1S/C15H20Cl2N2O/c1-11-6-7-12(16)15(14(11)17)18-13(20)10-19-8-4-2-3-5-9-19/h6-7H,2-5,8-10H2,1H3,(H,18,20). The zero-order chi connectivity index (χ0) is 14.5. The Bertz CT molecular complexity index is 483. The van der Waals surface area contributed by atoms with E-state index in [0.29, 0.717) is 22.3 Å². The summed E-state index contributed by atoms with van der Waals surface area (Å²) in [5, 5.41) is 3.83. The molecule has 1 aliphatic rings. The van der Waals surface area contributed by atoms with Gasteiger partial charge in [0.1, 0.15) is 0 Å². The Balaban J connectivity index is 1.99. The van der Waals surface area contributed by atoms with Gasteiger partial charge in [0.2, 0.25) is 5.91 Å². The van der Waals surface area contributed by atoms with Gasteiger partial charge in [-0.05, 0) is 44.5 Å². The highest BCUT2D eigenvalue weighted by Crippen LogP contribution is 2.32. The first-order chi connectivity index (χ1) is 9.58. The monoisotopic (exact) mass is 314 g/mol. The average Bonchev–Trinajstić information content (AvgIpc) is 2.68. The summed E-state index contributed by atoms with van der Waals surface area (Å²) in [6.45, 7) is 4.27. The molecule has 5 heteroatoms. The lowest BCUT2D eigenvalue weighted by molar-refractivity contribution is -0.117. The molecule has 1 amide bonds. The minimum atomic E-state index is -0.0544. The second-order valence-corrected chi connectivity index (χ2v) is 6.08. The van der Waals surface area contributed by atoms with Gasteiger partial charge in [-0.15, -0.1) is 0 Å². The number of carbonyl (C=O) groups is 1. The van der Waals surface area contributed by atoms with Crippen molar-refractivity contribution in [2.75, 3.05) is 25.0 Å². The molecule has 0 saturated carbocycles. The first kappa shape index (κ1) is 15.6. The van der Waals surface area contributed by atoms with Crippen LogP contribution in [0.3, 0.4) is 0 Å². The smallest absolute Gasteiger partial charge is 0.238 e. The highest BCUT2D eigenvalue weighted by atomic mass is 35.5. The van der Waals surface area contributed by atoms with Gasteiger partial charge in [0, 0.05) is 0 Å². The Morgan fingerprint density at radius 2 is 1.85 bits per heavy atom. The number of likely N-dealkylation sites (tertiary alicyclic amines) is 1. The molecule has 2 rings (SSSR count). The third-order valence-corrected chi connectivity index (χ3v) is 4.42. The van der Waals surface area contributed by atoms with Crippen LogP contribution in [-0.2, 0) is 4.79 Å². The molecule has 1 saturated heterocycles. The largest absolute Gasteiger partial charge is 0.322 e. The molecule has 1 fully saturated rings. The minimum Gasteiger partial charge on any atom is -0.322 e. The highest BCUT2D eigenvalue weighted by molar-refractivity contribution is 6.40. The first-order valence-electron chi connectivity index (χ1n) is 7.05. The molecule has 1 aromatic carbocycles. The molecule has 1 aromatic rings. The van der Waals surface area contributed by atoms with Gasteiger partial charge in [0.15, 0.2) is 0 Å². The van der Waals surface area contributed by atoms with Crippen molar-refractivity contribution in [2.24, 2.45) is 0 Å². The summed E-state index contributed by atoms with van der Waals surface area (Å²) in [5.74, 6) is -0.0544. The fourth-order valence-corrected chi connectivity index (χ4v) is 2.91. The number of carbonyl (C=O) groups excluding carboxylic acids is 1. The SMILES string of the molecule is Cc1ccc(Cl)c(NC(=O)CN2CCCCCC2)c1Cl. The van der Waals surface area contributed by atoms with E-state index < -0.39 is 0 Å². The van der Waals surface area contributed by atoms with Crippen LogP contribution in [0.15, 0.2) is 12.1 Å². The lowest BCUT2D eigenvalue weighted by atomic mass is 10.2. The van der Waals surface area contributed by atoms with Crippen LogP contribution < -0.4 is 5.32 Å². The van der Waals surface area contributed by atoms with Crippen LogP contribution in [0.25, 0.3) is 0 Å². The molecule has 0 bridgehead atoms. The molecule has 1 heterocycles. The third kappa shape index (κ3) is 4.11. The number of anilines is 1. The van der Waals surface area contributed by atoms with E-state index >= 15 is 0 Å². The Kier molecular flexibility index (Phi) is 5.70. The molecular weight excluding hydrogens is 295 g/mol. The highest BCUT2D eigenvalue weighted by Gasteiger charge is 2.16. The Labute approximate surface area is 130 Å². The van der Waals surface area contributed by atoms with Crippen molar-refractivity contribution in [3.63, 3.8) is 0 Å². The number of nitrogens with one attached hydrogen (secondary N) is 1. The summed E-state index contributed by atoms with van der Waals surface area (Å²) in [4.78, 5) is 14.3. The molecule has 20 heavy (non-hydrogen) atoms. The molecular formula is C15H20Cl2N2O. The van der Waals surface area contributed by atoms with Gasteiger partial charge >= 0.3 is 0 Å². The zero-order valence-electron chi connectivity index (χ0n) is 11.7. The number of nitrogens with zero attached hydrogens (tertiary/aromatic N) is 1. The number of hydrogen-bond donors (Lipinski definition) is 1. The number of benzene rings is 1. The van der Waals surface area contributed by atoms with E-state index in [1.807, 2.05) is 13.0 Å². The molecule has 1 aliphatic heterocycles. The number of halogens is 2. The fraction of sp³-hybridized carbons (Fsp3) is 0.533. The van der Waals surface area contributed by atoms with Gasteiger partial charge in [-0.25, -0.2) is 0 Å². The molecule has 0 aromatic heterocycles. The van der Waals surface area contributed by atoms with E-state index in [0.717, 1.165) is 18.7 Å². The summed E-state index contributed by atoms with van der Waals surface area (Å²) < 4.78 is 0. The maximum Gasteiger partial charge on any atom is 0.238 e. The Morgan fingerprint density at radius 1 is 1.20 bits per heavy atom. The average molecular weight is 315 g/mol. The van der Waals surface area contributed by atoms with Crippen molar-refractivity contribution >= 4 is 34.8 Å². The predicted molar refractivity (Wildman–Crippen MR) is 84.7 cm³/mol. The summed E-state index contributed by atoms with van der Waals surface area (Å²) >= 11 is 12.3. The predicted octanol–water partition coefficient (Wildman–Crippen LogP) is 4.12. The van der Waals surface area contributed by atoms with E-state index in [9.17, 15) is 4.79 Å². The second kappa shape index (κ2) is 7.30.